The number of rotatable bonds is 13. The summed E-state index contributed by atoms with van der Waals surface area (Å²) in [4.78, 5) is 50.4. The Morgan fingerprint density at radius 3 is 2.43 bits per heavy atom. The van der Waals surface area contributed by atoms with E-state index >= 15 is 0 Å². The number of alkyl halides is 4. The normalized spacial score (nSPS) is 31.5. The van der Waals surface area contributed by atoms with Crippen molar-refractivity contribution >= 4 is 33.4 Å². The SMILES string of the molecule is CCC(=O)C[C@H]1[C@H]([C@@H]2CC[C@H]([C@H](C)CCC(=O)OCCC(F)(F)C(F)(F)S(=O)(=O)O)C2)C(=O)CC2CC(=O)CC[C@@]21C. The number of carbonyl (C=O) groups excluding carboxylic acids is 4. The lowest BCUT2D eigenvalue weighted by atomic mass is 9.49. The van der Waals surface area contributed by atoms with Crippen LogP contribution in [0.25, 0.3) is 0 Å². The van der Waals surface area contributed by atoms with Gasteiger partial charge in [-0.1, -0.05) is 20.8 Å². The molecule has 0 aromatic carbocycles. The summed E-state index contributed by atoms with van der Waals surface area (Å²) >= 11 is 0. The summed E-state index contributed by atoms with van der Waals surface area (Å²) < 4.78 is 88.0. The number of carbonyl (C=O) groups is 4. The van der Waals surface area contributed by atoms with Gasteiger partial charge in [0.05, 0.1) is 13.0 Å². The molecule has 0 aliphatic heterocycles. The van der Waals surface area contributed by atoms with Crippen LogP contribution in [0.2, 0.25) is 0 Å². The number of esters is 1. The van der Waals surface area contributed by atoms with Gasteiger partial charge in [-0.15, -0.1) is 0 Å². The fourth-order valence-electron chi connectivity index (χ4n) is 7.55. The Morgan fingerprint density at radius 2 is 1.81 bits per heavy atom. The summed E-state index contributed by atoms with van der Waals surface area (Å²) in [6.45, 7) is 4.73. The lowest BCUT2D eigenvalue weighted by molar-refractivity contribution is -0.174. The Balaban J connectivity index is 1.56. The molecule has 0 aromatic rings. The average Bonchev–Trinajstić information content (AvgIpc) is 3.37. The van der Waals surface area contributed by atoms with Crippen LogP contribution in [0.1, 0.15) is 97.8 Å². The second-order valence-electron chi connectivity index (χ2n) is 12.9. The number of fused-ring (bicyclic) bond motifs is 1. The van der Waals surface area contributed by atoms with Gasteiger partial charge in [-0.2, -0.15) is 26.0 Å². The topological polar surface area (TPSA) is 132 Å². The monoisotopic (exact) mass is 626 g/mol. The molecule has 1 N–H and O–H groups in total. The summed E-state index contributed by atoms with van der Waals surface area (Å²) in [5, 5.41) is -5.71. The van der Waals surface area contributed by atoms with Crippen molar-refractivity contribution < 1.29 is 54.4 Å². The first kappa shape index (κ1) is 34.6. The minimum atomic E-state index is -6.36. The third-order valence-corrected chi connectivity index (χ3v) is 11.3. The number of ketones is 3. The van der Waals surface area contributed by atoms with Crippen molar-refractivity contribution in [2.24, 2.45) is 40.9 Å². The second kappa shape index (κ2) is 13.0. The van der Waals surface area contributed by atoms with E-state index in [1.165, 1.54) is 0 Å². The van der Waals surface area contributed by atoms with Gasteiger partial charge in [0.2, 0.25) is 0 Å². The van der Waals surface area contributed by atoms with Gasteiger partial charge in [-0.3, -0.25) is 23.7 Å². The van der Waals surface area contributed by atoms with Crippen LogP contribution in [0.5, 0.6) is 0 Å². The molecule has 8 nitrogen and oxygen atoms in total. The fourth-order valence-corrected chi connectivity index (χ4v) is 8.03. The van der Waals surface area contributed by atoms with Crippen LogP contribution < -0.4 is 0 Å². The van der Waals surface area contributed by atoms with Gasteiger partial charge in [0.25, 0.3) is 0 Å². The predicted molar refractivity (Wildman–Crippen MR) is 143 cm³/mol. The van der Waals surface area contributed by atoms with E-state index in [1.54, 1.807) is 0 Å². The van der Waals surface area contributed by atoms with Gasteiger partial charge >= 0.3 is 27.3 Å². The summed E-state index contributed by atoms with van der Waals surface area (Å²) in [7, 11) is -6.36. The standard InChI is InChI=1S/C29H42F4O8S/c1-4-21(34)16-23-26(24(36)15-20-14-22(35)9-10-27(20,23)3)19-7-6-18(13-19)17(2)5-8-25(37)41-12-11-28(30,31)29(32,33)42(38,39)40/h17-20,23,26H,4-16H2,1-3H3,(H,38,39,40)/t17-,18+,19-,20?,23+,26+,27+/m1/s1. The molecule has 3 rings (SSSR count). The smallest absolute Gasteiger partial charge is 0.431 e. The van der Waals surface area contributed by atoms with E-state index in [-0.39, 0.29) is 64.7 Å². The molecule has 0 radical (unpaired) electrons. The molecular weight excluding hydrogens is 584 g/mol. The van der Waals surface area contributed by atoms with Gasteiger partial charge < -0.3 is 4.74 Å². The van der Waals surface area contributed by atoms with E-state index in [0.717, 1.165) is 19.3 Å². The molecule has 0 amide bonds. The summed E-state index contributed by atoms with van der Waals surface area (Å²) in [6.07, 6.45) is 3.33. The van der Waals surface area contributed by atoms with Gasteiger partial charge in [0, 0.05) is 44.4 Å². The maximum Gasteiger partial charge on any atom is 0.431 e. The zero-order valence-corrected chi connectivity index (χ0v) is 25.2. The van der Waals surface area contributed by atoms with Gasteiger partial charge in [-0.05, 0) is 67.1 Å². The minimum absolute atomic E-state index is 0.0120. The van der Waals surface area contributed by atoms with Crippen molar-refractivity contribution in [1.82, 2.24) is 0 Å². The largest absolute Gasteiger partial charge is 0.465 e. The van der Waals surface area contributed by atoms with Gasteiger partial charge in [0.1, 0.15) is 17.3 Å². The van der Waals surface area contributed by atoms with Crippen molar-refractivity contribution in [2.45, 2.75) is 109 Å². The van der Waals surface area contributed by atoms with E-state index in [1.807, 2.05) is 13.8 Å². The van der Waals surface area contributed by atoms with E-state index in [9.17, 15) is 45.2 Å². The number of hydrogen-bond acceptors (Lipinski definition) is 7. The Labute approximate surface area is 244 Å². The number of Topliss-reactive ketones (excluding diaryl/α,β-unsaturated/α-hetero) is 3. The first-order chi connectivity index (χ1) is 19.3. The number of hydrogen-bond donors (Lipinski definition) is 1. The van der Waals surface area contributed by atoms with Crippen LogP contribution in [-0.4, -0.2) is 54.1 Å². The molecular formula is C29H42F4O8S. The first-order valence-corrected chi connectivity index (χ1v) is 16.2. The first-order valence-electron chi connectivity index (χ1n) is 14.8. The molecule has 3 aliphatic carbocycles. The van der Waals surface area contributed by atoms with Crippen molar-refractivity contribution in [3.63, 3.8) is 0 Å². The maximum absolute atomic E-state index is 13.6. The summed E-state index contributed by atoms with van der Waals surface area (Å²) in [5.74, 6) is -5.79. The molecule has 3 aliphatic rings. The third kappa shape index (κ3) is 7.25. The molecule has 0 saturated heterocycles. The summed E-state index contributed by atoms with van der Waals surface area (Å²) in [5.41, 5.74) is -0.257. The highest BCUT2D eigenvalue weighted by atomic mass is 32.2. The Bertz CT molecular complexity index is 1160. The molecule has 0 aromatic heterocycles. The highest BCUT2D eigenvalue weighted by Crippen LogP contribution is 2.58. The van der Waals surface area contributed by atoms with Crippen LogP contribution in [0.15, 0.2) is 0 Å². The van der Waals surface area contributed by atoms with Crippen molar-refractivity contribution in [3.8, 4) is 0 Å². The predicted octanol–water partition coefficient (Wildman–Crippen LogP) is 5.82. The Hall–Kier alpha value is -1.89. The van der Waals surface area contributed by atoms with Crippen LogP contribution in [-0.2, 0) is 34.0 Å². The van der Waals surface area contributed by atoms with Crippen LogP contribution in [0.3, 0.4) is 0 Å². The van der Waals surface area contributed by atoms with E-state index in [2.05, 4.69) is 11.7 Å². The second-order valence-corrected chi connectivity index (χ2v) is 14.3. The molecule has 240 valence electrons. The lowest BCUT2D eigenvalue weighted by Crippen LogP contribution is -2.53. The van der Waals surface area contributed by atoms with Crippen molar-refractivity contribution in [1.29, 1.82) is 0 Å². The van der Waals surface area contributed by atoms with Gasteiger partial charge in [-0.25, -0.2) is 0 Å². The average molecular weight is 627 g/mol. The van der Waals surface area contributed by atoms with Crippen LogP contribution in [0.4, 0.5) is 17.6 Å². The summed E-state index contributed by atoms with van der Waals surface area (Å²) in [6, 6.07) is 0. The zero-order chi connectivity index (χ0) is 31.7. The molecule has 1 unspecified atom stereocenters. The van der Waals surface area contributed by atoms with Crippen LogP contribution >= 0.6 is 0 Å². The van der Waals surface area contributed by atoms with E-state index in [4.69, 9.17) is 4.55 Å². The number of ether oxygens (including phenoxy) is 1. The number of halogens is 4. The highest BCUT2D eigenvalue weighted by Gasteiger charge is 2.65. The molecule has 42 heavy (non-hydrogen) atoms. The van der Waals surface area contributed by atoms with Gasteiger partial charge in [0.15, 0.2) is 0 Å². The minimum Gasteiger partial charge on any atom is -0.465 e. The third-order valence-electron chi connectivity index (χ3n) is 10.4. The molecule has 0 spiro atoms. The molecule has 7 atom stereocenters. The fraction of sp³-hybridized carbons (Fsp3) is 0.862. The molecule has 3 fully saturated rings. The molecule has 0 bridgehead atoms. The Kier molecular flexibility index (Phi) is 10.7. The molecule has 13 heteroatoms. The zero-order valence-electron chi connectivity index (χ0n) is 24.4. The lowest BCUT2D eigenvalue weighted by Gasteiger charge is -2.54. The van der Waals surface area contributed by atoms with Crippen LogP contribution in [0, 0.1) is 40.9 Å². The van der Waals surface area contributed by atoms with Crippen molar-refractivity contribution in [2.75, 3.05) is 6.61 Å². The van der Waals surface area contributed by atoms with Crippen molar-refractivity contribution in [3.05, 3.63) is 0 Å². The Morgan fingerprint density at radius 1 is 1.14 bits per heavy atom. The van der Waals surface area contributed by atoms with E-state index in [0.29, 0.717) is 44.9 Å². The maximum atomic E-state index is 13.6. The van der Waals surface area contributed by atoms with E-state index < -0.39 is 40.3 Å². The molecule has 0 heterocycles. The highest BCUT2D eigenvalue weighted by molar-refractivity contribution is 7.87. The quantitative estimate of drug-likeness (QED) is 0.154. The molecule has 3 saturated carbocycles.